The number of hydrogen-bond donors (Lipinski definition) is 0. The van der Waals surface area contributed by atoms with Crippen LogP contribution in [0.5, 0.6) is 5.75 Å². The summed E-state index contributed by atoms with van der Waals surface area (Å²) in [4.78, 5) is 10.1. The fraction of sp³-hybridized carbons (Fsp3) is 0.321. The summed E-state index contributed by atoms with van der Waals surface area (Å²) in [6.45, 7) is 7.23. The van der Waals surface area contributed by atoms with E-state index in [1.54, 1.807) is 7.11 Å². The lowest BCUT2D eigenvalue weighted by molar-refractivity contribution is 0.125. The Morgan fingerprint density at radius 3 is 2.18 bits per heavy atom. The first kappa shape index (κ1) is 21.7. The summed E-state index contributed by atoms with van der Waals surface area (Å²) in [5.74, 6) is 2.08. The molecule has 4 aromatic rings. The van der Waals surface area contributed by atoms with Crippen LogP contribution in [0.1, 0.15) is 17.0 Å². The van der Waals surface area contributed by atoms with Gasteiger partial charge in [-0.3, -0.25) is 4.90 Å². The van der Waals surface area contributed by atoms with Gasteiger partial charge in [0.15, 0.2) is 0 Å². The lowest BCUT2D eigenvalue weighted by Gasteiger charge is -2.34. The first-order valence-electron chi connectivity index (χ1n) is 11.8. The number of para-hydroxylation sites is 2. The maximum Gasteiger partial charge on any atom is 0.124 e. The van der Waals surface area contributed by atoms with Gasteiger partial charge in [-0.05, 0) is 41.8 Å². The molecular weight excluding hydrogens is 408 g/mol. The molecule has 0 atom stereocenters. The summed E-state index contributed by atoms with van der Waals surface area (Å²) < 4.78 is 7.65. The van der Waals surface area contributed by atoms with Crippen molar-refractivity contribution in [2.45, 2.75) is 19.5 Å². The Hall–Kier alpha value is -3.15. The molecule has 0 saturated carbocycles. The number of fused-ring (bicyclic) bond motifs is 1. The molecule has 1 fully saturated rings. The SMILES string of the molecule is COc1ccc(CCN2CCN(Cc3nc4ccccc4n3Cc3ccccc3)CC2)cc1. The number of hydrogen-bond acceptors (Lipinski definition) is 4. The highest BCUT2D eigenvalue weighted by Gasteiger charge is 2.20. The molecule has 5 heteroatoms. The molecule has 3 aromatic carbocycles. The molecule has 0 N–H and O–H groups in total. The van der Waals surface area contributed by atoms with Gasteiger partial charge in [0, 0.05) is 39.3 Å². The van der Waals surface area contributed by atoms with E-state index in [4.69, 9.17) is 9.72 Å². The summed E-state index contributed by atoms with van der Waals surface area (Å²) in [6, 6.07) is 27.6. The lowest BCUT2D eigenvalue weighted by Crippen LogP contribution is -2.46. The maximum atomic E-state index is 5.26. The molecule has 5 rings (SSSR count). The van der Waals surface area contributed by atoms with E-state index < -0.39 is 0 Å². The van der Waals surface area contributed by atoms with E-state index in [0.29, 0.717) is 0 Å². The molecule has 5 nitrogen and oxygen atoms in total. The van der Waals surface area contributed by atoms with Gasteiger partial charge in [0.1, 0.15) is 11.6 Å². The third-order valence-electron chi connectivity index (χ3n) is 6.62. The Morgan fingerprint density at radius 2 is 1.42 bits per heavy atom. The number of benzene rings is 3. The molecule has 0 amide bonds. The van der Waals surface area contributed by atoms with Gasteiger partial charge in [-0.2, -0.15) is 0 Å². The van der Waals surface area contributed by atoms with Crippen molar-refractivity contribution in [3.05, 3.63) is 95.8 Å². The quantitative estimate of drug-likeness (QED) is 0.405. The highest BCUT2D eigenvalue weighted by molar-refractivity contribution is 5.76. The van der Waals surface area contributed by atoms with Crippen LogP contribution in [0, 0.1) is 0 Å². The highest BCUT2D eigenvalue weighted by Crippen LogP contribution is 2.20. The van der Waals surface area contributed by atoms with Crippen molar-refractivity contribution >= 4 is 11.0 Å². The van der Waals surface area contributed by atoms with Crippen LogP contribution in [0.3, 0.4) is 0 Å². The second-order valence-corrected chi connectivity index (χ2v) is 8.80. The van der Waals surface area contributed by atoms with Gasteiger partial charge in [0.25, 0.3) is 0 Å². The predicted octanol–water partition coefficient (Wildman–Crippen LogP) is 4.45. The predicted molar refractivity (Wildman–Crippen MR) is 134 cm³/mol. The zero-order valence-corrected chi connectivity index (χ0v) is 19.4. The Bertz CT molecular complexity index is 1160. The molecule has 0 unspecified atom stereocenters. The molecule has 0 spiro atoms. The van der Waals surface area contributed by atoms with Gasteiger partial charge in [0.2, 0.25) is 0 Å². The molecule has 1 aliphatic rings. The van der Waals surface area contributed by atoms with Crippen LogP contribution >= 0.6 is 0 Å². The molecule has 0 radical (unpaired) electrons. The van der Waals surface area contributed by atoms with Crippen LogP contribution in [0.15, 0.2) is 78.9 Å². The van der Waals surface area contributed by atoms with E-state index in [9.17, 15) is 0 Å². The average Bonchev–Trinajstić information content (AvgIpc) is 3.21. The fourth-order valence-corrected chi connectivity index (χ4v) is 4.64. The second-order valence-electron chi connectivity index (χ2n) is 8.80. The Balaban J connectivity index is 1.20. The molecule has 170 valence electrons. The van der Waals surface area contributed by atoms with E-state index in [0.717, 1.165) is 69.3 Å². The standard InChI is InChI=1S/C28H32N4O/c1-33-25-13-11-23(12-14-25)15-16-30-17-19-31(20-18-30)22-28-29-26-9-5-6-10-27(26)32(28)21-24-7-3-2-4-8-24/h2-14H,15-22H2,1H3. The van der Waals surface area contributed by atoms with Gasteiger partial charge in [-0.1, -0.05) is 54.6 Å². The number of ether oxygens (including phenoxy) is 1. The van der Waals surface area contributed by atoms with Crippen LogP contribution in [-0.4, -0.2) is 59.2 Å². The van der Waals surface area contributed by atoms with Crippen LogP contribution in [-0.2, 0) is 19.5 Å². The minimum atomic E-state index is 0.860. The summed E-state index contributed by atoms with van der Waals surface area (Å²) >= 11 is 0. The molecule has 1 aromatic heterocycles. The van der Waals surface area contributed by atoms with Crippen molar-refractivity contribution in [3.8, 4) is 5.75 Å². The van der Waals surface area contributed by atoms with E-state index in [2.05, 4.69) is 93.2 Å². The van der Waals surface area contributed by atoms with Crippen LogP contribution in [0.4, 0.5) is 0 Å². The highest BCUT2D eigenvalue weighted by atomic mass is 16.5. The van der Waals surface area contributed by atoms with Crippen LogP contribution in [0.25, 0.3) is 11.0 Å². The number of imidazole rings is 1. The van der Waals surface area contributed by atoms with Gasteiger partial charge in [-0.25, -0.2) is 4.98 Å². The summed E-state index contributed by atoms with van der Waals surface area (Å²) in [5, 5.41) is 0. The normalized spacial score (nSPS) is 15.2. The van der Waals surface area contributed by atoms with E-state index >= 15 is 0 Å². The summed E-state index contributed by atoms with van der Waals surface area (Å²) in [7, 11) is 1.71. The number of piperazine rings is 1. The monoisotopic (exact) mass is 440 g/mol. The smallest absolute Gasteiger partial charge is 0.124 e. The number of aromatic nitrogens is 2. The van der Waals surface area contributed by atoms with Crippen LogP contribution in [0.2, 0.25) is 0 Å². The molecule has 33 heavy (non-hydrogen) atoms. The van der Waals surface area contributed by atoms with Gasteiger partial charge in [-0.15, -0.1) is 0 Å². The minimum Gasteiger partial charge on any atom is -0.497 e. The van der Waals surface area contributed by atoms with E-state index in [1.807, 2.05) is 0 Å². The topological polar surface area (TPSA) is 33.5 Å². The van der Waals surface area contributed by atoms with Crippen molar-refractivity contribution in [1.82, 2.24) is 19.4 Å². The molecule has 1 aliphatic heterocycles. The van der Waals surface area contributed by atoms with E-state index in [-0.39, 0.29) is 0 Å². The Morgan fingerprint density at radius 1 is 0.727 bits per heavy atom. The van der Waals surface area contributed by atoms with Crippen molar-refractivity contribution in [3.63, 3.8) is 0 Å². The Labute approximate surface area is 196 Å². The molecular formula is C28H32N4O. The number of nitrogens with zero attached hydrogens (tertiary/aromatic N) is 4. The average molecular weight is 441 g/mol. The molecule has 0 bridgehead atoms. The summed E-state index contributed by atoms with van der Waals surface area (Å²) in [5.41, 5.74) is 4.98. The maximum absolute atomic E-state index is 5.26. The third-order valence-corrected chi connectivity index (χ3v) is 6.62. The summed E-state index contributed by atoms with van der Waals surface area (Å²) in [6.07, 6.45) is 1.08. The molecule has 1 saturated heterocycles. The fourth-order valence-electron chi connectivity index (χ4n) is 4.64. The van der Waals surface area contributed by atoms with Gasteiger partial charge < -0.3 is 14.2 Å². The molecule has 0 aliphatic carbocycles. The van der Waals surface area contributed by atoms with Gasteiger partial charge >= 0.3 is 0 Å². The lowest BCUT2D eigenvalue weighted by atomic mass is 10.1. The zero-order chi connectivity index (χ0) is 22.5. The van der Waals surface area contributed by atoms with Crippen molar-refractivity contribution in [2.75, 3.05) is 39.8 Å². The Kier molecular flexibility index (Phi) is 6.70. The molecule has 2 heterocycles. The number of rotatable bonds is 8. The van der Waals surface area contributed by atoms with Gasteiger partial charge in [0.05, 0.1) is 24.7 Å². The first-order valence-corrected chi connectivity index (χ1v) is 11.8. The minimum absolute atomic E-state index is 0.860. The van der Waals surface area contributed by atoms with Crippen LogP contribution < -0.4 is 4.74 Å². The second kappa shape index (κ2) is 10.2. The van der Waals surface area contributed by atoms with Crippen molar-refractivity contribution in [1.29, 1.82) is 0 Å². The third kappa shape index (κ3) is 5.27. The number of methoxy groups -OCH3 is 1. The van der Waals surface area contributed by atoms with Crippen molar-refractivity contribution in [2.24, 2.45) is 0 Å². The van der Waals surface area contributed by atoms with Crippen molar-refractivity contribution < 1.29 is 4.74 Å². The largest absolute Gasteiger partial charge is 0.497 e. The zero-order valence-electron chi connectivity index (χ0n) is 19.4. The first-order chi connectivity index (χ1) is 16.3. The van der Waals surface area contributed by atoms with E-state index in [1.165, 1.54) is 16.6 Å².